The summed E-state index contributed by atoms with van der Waals surface area (Å²) in [6.07, 6.45) is 3.17. The number of hydrogen-bond acceptors (Lipinski definition) is 4. The highest BCUT2D eigenvalue weighted by Gasteiger charge is 2.23. The van der Waals surface area contributed by atoms with Crippen molar-refractivity contribution in [2.75, 3.05) is 19.8 Å². The van der Waals surface area contributed by atoms with Crippen LogP contribution in [0.3, 0.4) is 0 Å². The summed E-state index contributed by atoms with van der Waals surface area (Å²) in [7, 11) is 0. The Morgan fingerprint density at radius 1 is 1.29 bits per heavy atom. The van der Waals surface area contributed by atoms with Crippen molar-refractivity contribution in [1.82, 2.24) is 5.32 Å². The SMILES string of the molecule is Oc1ccc2c(c1CC1CCCN1)OCCO2. The lowest BCUT2D eigenvalue weighted by Gasteiger charge is -2.23. The van der Waals surface area contributed by atoms with Crippen LogP contribution in [-0.2, 0) is 6.42 Å². The molecule has 0 bridgehead atoms. The van der Waals surface area contributed by atoms with Crippen molar-refractivity contribution in [3.05, 3.63) is 17.7 Å². The van der Waals surface area contributed by atoms with Crippen LogP contribution < -0.4 is 14.8 Å². The average molecular weight is 235 g/mol. The number of hydrogen-bond donors (Lipinski definition) is 2. The zero-order chi connectivity index (χ0) is 11.7. The van der Waals surface area contributed by atoms with Crippen LogP contribution in [0.2, 0.25) is 0 Å². The Morgan fingerprint density at radius 2 is 2.18 bits per heavy atom. The average Bonchev–Trinajstić information content (AvgIpc) is 2.86. The molecule has 1 saturated heterocycles. The van der Waals surface area contributed by atoms with Gasteiger partial charge in [-0.25, -0.2) is 0 Å². The second-order valence-corrected chi connectivity index (χ2v) is 4.58. The molecule has 0 amide bonds. The molecule has 0 spiro atoms. The maximum atomic E-state index is 9.96. The van der Waals surface area contributed by atoms with Gasteiger partial charge in [-0.2, -0.15) is 0 Å². The van der Waals surface area contributed by atoms with Gasteiger partial charge in [0.05, 0.1) is 0 Å². The lowest BCUT2D eigenvalue weighted by molar-refractivity contribution is 0.168. The molecule has 2 heterocycles. The van der Waals surface area contributed by atoms with Crippen LogP contribution in [0.1, 0.15) is 18.4 Å². The Hall–Kier alpha value is -1.42. The second-order valence-electron chi connectivity index (χ2n) is 4.58. The summed E-state index contributed by atoms with van der Waals surface area (Å²) in [4.78, 5) is 0. The molecule has 0 radical (unpaired) electrons. The molecule has 1 aromatic carbocycles. The van der Waals surface area contributed by atoms with E-state index in [0.29, 0.717) is 25.0 Å². The highest BCUT2D eigenvalue weighted by atomic mass is 16.6. The van der Waals surface area contributed by atoms with Gasteiger partial charge >= 0.3 is 0 Å². The molecule has 2 N–H and O–H groups in total. The zero-order valence-electron chi connectivity index (χ0n) is 9.74. The highest BCUT2D eigenvalue weighted by Crippen LogP contribution is 2.39. The molecule has 4 nitrogen and oxygen atoms in total. The van der Waals surface area contributed by atoms with Crippen molar-refractivity contribution in [2.45, 2.75) is 25.3 Å². The largest absolute Gasteiger partial charge is 0.508 e. The molecule has 0 saturated carbocycles. The van der Waals surface area contributed by atoms with E-state index < -0.39 is 0 Å². The normalized spacial score (nSPS) is 22.7. The monoisotopic (exact) mass is 235 g/mol. The first-order valence-electron chi connectivity index (χ1n) is 6.18. The number of rotatable bonds is 2. The fourth-order valence-corrected chi connectivity index (χ4v) is 2.54. The van der Waals surface area contributed by atoms with Crippen LogP contribution in [0.4, 0.5) is 0 Å². The van der Waals surface area contributed by atoms with Gasteiger partial charge in [-0.15, -0.1) is 0 Å². The topological polar surface area (TPSA) is 50.7 Å². The van der Waals surface area contributed by atoms with E-state index in [1.807, 2.05) is 0 Å². The van der Waals surface area contributed by atoms with Gasteiger partial charge in [0.15, 0.2) is 11.5 Å². The van der Waals surface area contributed by atoms with Gasteiger partial charge in [0.25, 0.3) is 0 Å². The standard InChI is InChI=1S/C13H17NO3/c15-11-3-4-12-13(17-7-6-16-12)10(11)8-9-2-1-5-14-9/h3-4,9,14-15H,1-2,5-8H2. The maximum Gasteiger partial charge on any atom is 0.168 e. The number of ether oxygens (including phenoxy) is 2. The summed E-state index contributed by atoms with van der Waals surface area (Å²) in [5.74, 6) is 1.79. The first-order valence-corrected chi connectivity index (χ1v) is 6.18. The lowest BCUT2D eigenvalue weighted by atomic mass is 10.0. The molecule has 0 aromatic heterocycles. The molecule has 17 heavy (non-hydrogen) atoms. The van der Waals surface area contributed by atoms with Crippen molar-refractivity contribution in [2.24, 2.45) is 0 Å². The molecule has 1 aromatic rings. The summed E-state index contributed by atoms with van der Waals surface area (Å²) in [6, 6.07) is 3.91. The van der Waals surface area contributed by atoms with Crippen molar-refractivity contribution in [3.8, 4) is 17.2 Å². The van der Waals surface area contributed by atoms with E-state index in [1.165, 1.54) is 6.42 Å². The smallest absolute Gasteiger partial charge is 0.168 e. The predicted molar refractivity (Wildman–Crippen MR) is 63.8 cm³/mol. The highest BCUT2D eigenvalue weighted by molar-refractivity contribution is 5.54. The van der Waals surface area contributed by atoms with Gasteiger partial charge in [-0.05, 0) is 37.9 Å². The number of aromatic hydroxyl groups is 1. The maximum absolute atomic E-state index is 9.96. The third kappa shape index (κ3) is 2.05. The van der Waals surface area contributed by atoms with Crippen LogP contribution >= 0.6 is 0 Å². The Balaban J connectivity index is 1.90. The molecule has 2 aliphatic rings. The number of phenols is 1. The molecule has 1 atom stereocenters. The quantitative estimate of drug-likeness (QED) is 0.814. The molecule has 2 aliphatic heterocycles. The summed E-state index contributed by atoms with van der Waals surface area (Å²) in [5.41, 5.74) is 0.876. The molecular formula is C13H17NO3. The first-order chi connectivity index (χ1) is 8.34. The van der Waals surface area contributed by atoms with Crippen molar-refractivity contribution in [1.29, 1.82) is 0 Å². The van der Waals surface area contributed by atoms with Gasteiger partial charge in [0, 0.05) is 11.6 Å². The van der Waals surface area contributed by atoms with Crippen LogP contribution in [-0.4, -0.2) is 30.9 Å². The molecule has 1 fully saturated rings. The Labute approximate surface area is 101 Å². The Bertz CT molecular complexity index is 413. The van der Waals surface area contributed by atoms with Crippen LogP contribution in [0, 0.1) is 0 Å². The van der Waals surface area contributed by atoms with Gasteiger partial charge in [-0.3, -0.25) is 0 Å². The van der Waals surface area contributed by atoms with E-state index in [-0.39, 0.29) is 0 Å². The molecule has 92 valence electrons. The molecule has 0 aliphatic carbocycles. The Kier molecular flexibility index (Phi) is 2.81. The number of fused-ring (bicyclic) bond motifs is 1. The van der Waals surface area contributed by atoms with Crippen LogP contribution in [0.15, 0.2) is 12.1 Å². The van der Waals surface area contributed by atoms with Crippen LogP contribution in [0.5, 0.6) is 17.2 Å². The zero-order valence-corrected chi connectivity index (χ0v) is 9.74. The summed E-state index contributed by atoms with van der Waals surface area (Å²) >= 11 is 0. The number of benzene rings is 1. The molecular weight excluding hydrogens is 218 g/mol. The van der Waals surface area contributed by atoms with Crippen molar-refractivity contribution >= 4 is 0 Å². The van der Waals surface area contributed by atoms with E-state index in [2.05, 4.69) is 5.32 Å². The van der Waals surface area contributed by atoms with Crippen molar-refractivity contribution in [3.63, 3.8) is 0 Å². The van der Waals surface area contributed by atoms with Gasteiger partial charge in [0.1, 0.15) is 19.0 Å². The van der Waals surface area contributed by atoms with Crippen LogP contribution in [0.25, 0.3) is 0 Å². The first kappa shape index (κ1) is 10.7. The van der Waals surface area contributed by atoms with E-state index in [4.69, 9.17) is 9.47 Å². The lowest BCUT2D eigenvalue weighted by Crippen LogP contribution is -2.25. The van der Waals surface area contributed by atoms with Gasteiger partial charge < -0.3 is 19.9 Å². The third-order valence-electron chi connectivity index (χ3n) is 3.40. The number of nitrogens with one attached hydrogen (secondary N) is 1. The van der Waals surface area contributed by atoms with Gasteiger partial charge in [0.2, 0.25) is 0 Å². The summed E-state index contributed by atoms with van der Waals surface area (Å²) in [5, 5.41) is 13.4. The molecule has 4 heteroatoms. The molecule has 1 unspecified atom stereocenters. The van der Waals surface area contributed by atoms with Crippen molar-refractivity contribution < 1.29 is 14.6 Å². The van der Waals surface area contributed by atoms with Gasteiger partial charge in [-0.1, -0.05) is 0 Å². The van der Waals surface area contributed by atoms with E-state index >= 15 is 0 Å². The van der Waals surface area contributed by atoms with E-state index in [9.17, 15) is 5.11 Å². The summed E-state index contributed by atoms with van der Waals surface area (Å²) in [6.45, 7) is 2.21. The minimum atomic E-state index is 0.308. The van der Waals surface area contributed by atoms with E-state index in [0.717, 1.165) is 36.4 Å². The Morgan fingerprint density at radius 3 is 3.00 bits per heavy atom. The predicted octanol–water partition coefficient (Wildman–Crippen LogP) is 1.46. The summed E-state index contributed by atoms with van der Waals surface area (Å²) < 4.78 is 11.2. The van der Waals surface area contributed by atoms with E-state index in [1.54, 1.807) is 12.1 Å². The fraction of sp³-hybridized carbons (Fsp3) is 0.538. The third-order valence-corrected chi connectivity index (χ3v) is 3.40. The number of phenolic OH excluding ortho intramolecular Hbond substituents is 1. The molecule has 3 rings (SSSR count). The minimum Gasteiger partial charge on any atom is -0.508 e. The minimum absolute atomic E-state index is 0.308. The fourth-order valence-electron chi connectivity index (χ4n) is 2.54. The second kappa shape index (κ2) is 4.45.